The molecule has 0 atom stereocenters. The minimum atomic E-state index is 0.414. The van der Waals surface area contributed by atoms with Gasteiger partial charge in [0.2, 0.25) is 0 Å². The molecule has 0 aromatic heterocycles. The Bertz CT molecular complexity index is 433. The molecular weight excluding hydrogens is 220 g/mol. The zero-order valence-corrected chi connectivity index (χ0v) is 11.6. The standard InChI is InChI=1S/C16H24N2/c1-13-5-6-15(11-14(13)2)18-10-9-17-16(12-18)7-3-4-8-16/h5-6,11,17H,3-4,7-10,12H2,1-2H3. The molecule has 0 bridgehead atoms. The molecule has 1 saturated heterocycles. The summed E-state index contributed by atoms with van der Waals surface area (Å²) in [5.41, 5.74) is 4.62. The highest BCUT2D eigenvalue weighted by Gasteiger charge is 2.37. The Morgan fingerprint density at radius 2 is 1.89 bits per heavy atom. The second kappa shape index (κ2) is 4.58. The van der Waals surface area contributed by atoms with Gasteiger partial charge in [-0.1, -0.05) is 18.9 Å². The number of piperazine rings is 1. The molecule has 3 rings (SSSR count). The van der Waals surface area contributed by atoms with Crippen LogP contribution in [0.1, 0.15) is 36.8 Å². The highest BCUT2D eigenvalue weighted by Crippen LogP contribution is 2.33. The molecule has 2 nitrogen and oxygen atoms in total. The first kappa shape index (κ1) is 12.0. The predicted octanol–water partition coefficient (Wildman–Crippen LogP) is 3.03. The normalized spacial score (nSPS) is 22.7. The third-order valence-corrected chi connectivity index (χ3v) is 4.79. The van der Waals surface area contributed by atoms with E-state index in [1.165, 1.54) is 49.0 Å². The molecule has 0 unspecified atom stereocenters. The van der Waals surface area contributed by atoms with E-state index in [1.54, 1.807) is 0 Å². The van der Waals surface area contributed by atoms with Gasteiger partial charge in [-0.25, -0.2) is 0 Å². The lowest BCUT2D eigenvalue weighted by atomic mass is 9.94. The van der Waals surface area contributed by atoms with Crippen molar-refractivity contribution >= 4 is 5.69 Å². The average molecular weight is 244 g/mol. The second-order valence-electron chi connectivity index (χ2n) is 6.10. The summed E-state index contributed by atoms with van der Waals surface area (Å²) in [6.45, 7) is 7.87. The molecule has 18 heavy (non-hydrogen) atoms. The molecule has 0 radical (unpaired) electrons. The lowest BCUT2D eigenvalue weighted by Crippen LogP contribution is -2.59. The van der Waals surface area contributed by atoms with Crippen LogP contribution in [0.25, 0.3) is 0 Å². The molecule has 2 fully saturated rings. The summed E-state index contributed by atoms with van der Waals surface area (Å²) in [5, 5.41) is 3.78. The molecule has 1 aliphatic carbocycles. The van der Waals surface area contributed by atoms with E-state index in [2.05, 4.69) is 42.3 Å². The molecule has 1 aliphatic heterocycles. The van der Waals surface area contributed by atoms with Gasteiger partial charge in [-0.2, -0.15) is 0 Å². The van der Waals surface area contributed by atoms with Gasteiger partial charge in [-0.15, -0.1) is 0 Å². The quantitative estimate of drug-likeness (QED) is 0.817. The van der Waals surface area contributed by atoms with E-state index >= 15 is 0 Å². The van der Waals surface area contributed by atoms with E-state index in [-0.39, 0.29) is 0 Å². The van der Waals surface area contributed by atoms with Gasteiger partial charge in [0.1, 0.15) is 0 Å². The Balaban J connectivity index is 1.81. The summed E-state index contributed by atoms with van der Waals surface area (Å²) in [5.74, 6) is 0. The van der Waals surface area contributed by atoms with Gasteiger partial charge < -0.3 is 10.2 Å². The first-order chi connectivity index (χ1) is 8.69. The molecule has 1 aromatic carbocycles. The highest BCUT2D eigenvalue weighted by atomic mass is 15.2. The van der Waals surface area contributed by atoms with Crippen LogP contribution >= 0.6 is 0 Å². The van der Waals surface area contributed by atoms with Crippen LogP contribution in [0.3, 0.4) is 0 Å². The van der Waals surface area contributed by atoms with Crippen molar-refractivity contribution in [3.8, 4) is 0 Å². The Hall–Kier alpha value is -1.02. The van der Waals surface area contributed by atoms with Crippen molar-refractivity contribution in [3.05, 3.63) is 29.3 Å². The zero-order chi connectivity index (χ0) is 12.6. The predicted molar refractivity (Wildman–Crippen MR) is 77.3 cm³/mol. The number of benzene rings is 1. The molecule has 1 heterocycles. The van der Waals surface area contributed by atoms with E-state index in [1.807, 2.05) is 0 Å². The molecule has 2 heteroatoms. The van der Waals surface area contributed by atoms with E-state index in [0.29, 0.717) is 5.54 Å². The van der Waals surface area contributed by atoms with Gasteiger partial charge in [0.15, 0.2) is 0 Å². The zero-order valence-electron chi connectivity index (χ0n) is 11.6. The Morgan fingerprint density at radius 3 is 2.61 bits per heavy atom. The largest absolute Gasteiger partial charge is 0.368 e. The minimum Gasteiger partial charge on any atom is -0.368 e. The van der Waals surface area contributed by atoms with Crippen LogP contribution in [0.5, 0.6) is 0 Å². The fourth-order valence-electron chi connectivity index (χ4n) is 3.49. The molecule has 1 saturated carbocycles. The fraction of sp³-hybridized carbons (Fsp3) is 0.625. The summed E-state index contributed by atoms with van der Waals surface area (Å²) in [6, 6.07) is 6.90. The fourth-order valence-corrected chi connectivity index (χ4v) is 3.49. The van der Waals surface area contributed by atoms with Gasteiger partial charge in [0.05, 0.1) is 0 Å². The van der Waals surface area contributed by atoms with Crippen molar-refractivity contribution in [1.29, 1.82) is 0 Å². The van der Waals surface area contributed by atoms with Gasteiger partial charge in [-0.3, -0.25) is 0 Å². The molecular formula is C16H24N2. The number of rotatable bonds is 1. The van der Waals surface area contributed by atoms with E-state index in [4.69, 9.17) is 0 Å². The first-order valence-corrected chi connectivity index (χ1v) is 7.26. The van der Waals surface area contributed by atoms with Gasteiger partial charge in [-0.05, 0) is 49.9 Å². The summed E-state index contributed by atoms with van der Waals surface area (Å²) < 4.78 is 0. The van der Waals surface area contributed by atoms with Crippen molar-refractivity contribution in [1.82, 2.24) is 5.32 Å². The van der Waals surface area contributed by atoms with E-state index in [9.17, 15) is 0 Å². The maximum absolute atomic E-state index is 3.78. The number of anilines is 1. The average Bonchev–Trinajstić information content (AvgIpc) is 2.81. The third kappa shape index (κ3) is 2.14. The number of aryl methyl sites for hydroxylation is 2. The molecule has 98 valence electrons. The molecule has 0 amide bonds. The lowest BCUT2D eigenvalue weighted by molar-refractivity contribution is 0.304. The number of hydrogen-bond acceptors (Lipinski definition) is 2. The Morgan fingerprint density at radius 1 is 1.11 bits per heavy atom. The first-order valence-electron chi connectivity index (χ1n) is 7.26. The molecule has 1 aromatic rings. The van der Waals surface area contributed by atoms with Crippen molar-refractivity contribution in [2.45, 2.75) is 45.1 Å². The van der Waals surface area contributed by atoms with Crippen molar-refractivity contribution in [2.24, 2.45) is 0 Å². The number of nitrogens with zero attached hydrogens (tertiary/aromatic N) is 1. The van der Waals surface area contributed by atoms with Gasteiger partial charge >= 0.3 is 0 Å². The third-order valence-electron chi connectivity index (χ3n) is 4.79. The minimum absolute atomic E-state index is 0.414. The molecule has 1 spiro atoms. The van der Waals surface area contributed by atoms with Crippen LogP contribution in [0.15, 0.2) is 18.2 Å². The maximum atomic E-state index is 3.78. The Labute approximate surface area is 110 Å². The van der Waals surface area contributed by atoms with Crippen LogP contribution in [-0.2, 0) is 0 Å². The van der Waals surface area contributed by atoms with Gasteiger partial charge in [0, 0.05) is 30.9 Å². The highest BCUT2D eigenvalue weighted by molar-refractivity contribution is 5.51. The Kier molecular flexibility index (Phi) is 3.06. The molecule has 1 N–H and O–H groups in total. The van der Waals surface area contributed by atoms with Crippen molar-refractivity contribution in [2.75, 3.05) is 24.5 Å². The van der Waals surface area contributed by atoms with Crippen LogP contribution in [-0.4, -0.2) is 25.2 Å². The monoisotopic (exact) mass is 244 g/mol. The maximum Gasteiger partial charge on any atom is 0.0370 e. The summed E-state index contributed by atoms with van der Waals surface area (Å²) >= 11 is 0. The van der Waals surface area contributed by atoms with Crippen molar-refractivity contribution in [3.63, 3.8) is 0 Å². The number of nitrogens with one attached hydrogen (secondary N) is 1. The summed E-state index contributed by atoms with van der Waals surface area (Å²) in [7, 11) is 0. The van der Waals surface area contributed by atoms with Crippen LogP contribution in [0.4, 0.5) is 5.69 Å². The van der Waals surface area contributed by atoms with Crippen molar-refractivity contribution < 1.29 is 0 Å². The summed E-state index contributed by atoms with van der Waals surface area (Å²) in [4.78, 5) is 2.58. The topological polar surface area (TPSA) is 15.3 Å². The smallest absolute Gasteiger partial charge is 0.0370 e. The van der Waals surface area contributed by atoms with E-state index < -0.39 is 0 Å². The van der Waals surface area contributed by atoms with Crippen LogP contribution in [0, 0.1) is 13.8 Å². The molecule has 2 aliphatic rings. The summed E-state index contributed by atoms with van der Waals surface area (Å²) in [6.07, 6.45) is 5.50. The lowest BCUT2D eigenvalue weighted by Gasteiger charge is -2.42. The second-order valence-corrected chi connectivity index (χ2v) is 6.10. The van der Waals surface area contributed by atoms with Gasteiger partial charge in [0.25, 0.3) is 0 Å². The van der Waals surface area contributed by atoms with Crippen LogP contribution in [0.2, 0.25) is 0 Å². The van der Waals surface area contributed by atoms with E-state index in [0.717, 1.165) is 13.1 Å². The SMILES string of the molecule is Cc1ccc(N2CCNC3(CCCC3)C2)cc1C. The number of hydrogen-bond donors (Lipinski definition) is 1. The van der Waals surface area contributed by atoms with Crippen LogP contribution < -0.4 is 10.2 Å².